The molecule has 1 fully saturated rings. The number of carbonyl (C=O) groups is 1. The first-order chi connectivity index (χ1) is 6.78. The van der Waals surface area contributed by atoms with Gasteiger partial charge in [0.1, 0.15) is 11.1 Å². The lowest BCUT2D eigenvalue weighted by atomic mass is 9.81. The molecule has 0 unspecified atom stereocenters. The standard InChI is InChI=1S/C10H11NO3/c12-5-10(6-14-7-10)9(13)8-3-1-2-4-11-8/h1-4,12H,5-7H2. The van der Waals surface area contributed by atoms with Gasteiger partial charge >= 0.3 is 0 Å². The van der Waals surface area contributed by atoms with Crippen molar-refractivity contribution in [1.82, 2.24) is 4.98 Å². The van der Waals surface area contributed by atoms with Gasteiger partial charge in [0, 0.05) is 6.20 Å². The van der Waals surface area contributed by atoms with E-state index in [0.29, 0.717) is 18.9 Å². The average Bonchev–Trinajstić information content (AvgIpc) is 2.18. The number of hydrogen-bond acceptors (Lipinski definition) is 4. The van der Waals surface area contributed by atoms with Gasteiger partial charge in [-0.1, -0.05) is 6.07 Å². The Morgan fingerprint density at radius 1 is 1.57 bits per heavy atom. The highest BCUT2D eigenvalue weighted by atomic mass is 16.5. The number of aliphatic hydroxyl groups is 1. The molecule has 0 radical (unpaired) electrons. The Hall–Kier alpha value is -1.26. The molecule has 1 aromatic rings. The predicted octanol–water partition coefficient (Wildman–Crippen LogP) is 0.273. The second kappa shape index (κ2) is 3.48. The van der Waals surface area contributed by atoms with Crippen LogP contribution in [0.25, 0.3) is 0 Å². The summed E-state index contributed by atoms with van der Waals surface area (Å²) in [7, 11) is 0. The van der Waals surface area contributed by atoms with Gasteiger partial charge in [-0.2, -0.15) is 0 Å². The molecule has 0 aromatic carbocycles. The smallest absolute Gasteiger partial charge is 0.194 e. The maximum Gasteiger partial charge on any atom is 0.194 e. The van der Waals surface area contributed by atoms with Crippen LogP contribution < -0.4 is 0 Å². The predicted molar refractivity (Wildman–Crippen MR) is 48.9 cm³/mol. The number of aliphatic hydroxyl groups excluding tert-OH is 1. The van der Waals surface area contributed by atoms with Crippen molar-refractivity contribution in [3.05, 3.63) is 30.1 Å². The molecule has 1 aliphatic rings. The molecule has 0 atom stereocenters. The topological polar surface area (TPSA) is 59.4 Å². The minimum atomic E-state index is -0.742. The van der Waals surface area contributed by atoms with Gasteiger partial charge in [0.25, 0.3) is 0 Å². The summed E-state index contributed by atoms with van der Waals surface area (Å²) in [6, 6.07) is 5.16. The number of aromatic nitrogens is 1. The molecule has 1 saturated heterocycles. The van der Waals surface area contributed by atoms with Crippen molar-refractivity contribution < 1.29 is 14.6 Å². The first-order valence-electron chi connectivity index (χ1n) is 4.43. The van der Waals surface area contributed by atoms with Crippen LogP contribution in [0.3, 0.4) is 0 Å². The Kier molecular flexibility index (Phi) is 2.31. The summed E-state index contributed by atoms with van der Waals surface area (Å²) in [5, 5.41) is 9.14. The summed E-state index contributed by atoms with van der Waals surface area (Å²) in [4.78, 5) is 15.8. The van der Waals surface area contributed by atoms with E-state index in [4.69, 9.17) is 9.84 Å². The summed E-state index contributed by atoms with van der Waals surface area (Å²) < 4.78 is 4.96. The SMILES string of the molecule is O=C(c1ccccn1)C1(CO)COC1. The quantitative estimate of drug-likeness (QED) is 0.700. The number of carbonyl (C=O) groups excluding carboxylic acids is 1. The van der Waals surface area contributed by atoms with E-state index in [1.54, 1.807) is 24.4 Å². The van der Waals surface area contributed by atoms with Crippen molar-refractivity contribution in [3.63, 3.8) is 0 Å². The summed E-state index contributed by atoms with van der Waals surface area (Å²) in [6.07, 6.45) is 1.57. The van der Waals surface area contributed by atoms with Crippen molar-refractivity contribution in [3.8, 4) is 0 Å². The van der Waals surface area contributed by atoms with Gasteiger partial charge in [0.2, 0.25) is 0 Å². The van der Waals surface area contributed by atoms with E-state index < -0.39 is 5.41 Å². The van der Waals surface area contributed by atoms with Gasteiger partial charge in [-0.3, -0.25) is 9.78 Å². The van der Waals surface area contributed by atoms with Crippen LogP contribution in [0.5, 0.6) is 0 Å². The zero-order valence-electron chi connectivity index (χ0n) is 7.64. The molecule has 2 heterocycles. The molecule has 1 aliphatic heterocycles. The molecule has 0 saturated carbocycles. The van der Waals surface area contributed by atoms with Crippen molar-refractivity contribution in [1.29, 1.82) is 0 Å². The van der Waals surface area contributed by atoms with Crippen molar-refractivity contribution >= 4 is 5.78 Å². The highest BCUT2D eigenvalue weighted by Gasteiger charge is 2.46. The normalized spacial score (nSPS) is 18.6. The molecule has 0 bridgehead atoms. The molecule has 2 rings (SSSR count). The Labute approximate surface area is 81.5 Å². The minimum Gasteiger partial charge on any atom is -0.395 e. The van der Waals surface area contributed by atoms with Gasteiger partial charge in [0.15, 0.2) is 5.78 Å². The lowest BCUT2D eigenvalue weighted by Crippen LogP contribution is -2.52. The third-order valence-electron chi connectivity index (χ3n) is 2.44. The number of Topliss-reactive ketones (excluding diaryl/α,β-unsaturated/α-hetero) is 1. The van der Waals surface area contributed by atoms with E-state index in [-0.39, 0.29) is 12.4 Å². The molecular weight excluding hydrogens is 182 g/mol. The first kappa shape index (κ1) is 9.30. The second-order valence-corrected chi connectivity index (χ2v) is 3.48. The number of rotatable bonds is 3. The molecule has 0 aliphatic carbocycles. The fraction of sp³-hybridized carbons (Fsp3) is 0.400. The highest BCUT2D eigenvalue weighted by molar-refractivity contribution is 5.99. The van der Waals surface area contributed by atoms with Crippen LogP contribution >= 0.6 is 0 Å². The number of pyridine rings is 1. The zero-order chi connectivity index (χ0) is 10.0. The van der Waals surface area contributed by atoms with Gasteiger partial charge < -0.3 is 9.84 Å². The summed E-state index contributed by atoms with van der Waals surface area (Å²) in [5.74, 6) is -0.133. The van der Waals surface area contributed by atoms with E-state index in [1.165, 1.54) is 0 Å². The molecule has 4 nitrogen and oxygen atoms in total. The number of hydrogen-bond donors (Lipinski definition) is 1. The van der Waals surface area contributed by atoms with E-state index >= 15 is 0 Å². The monoisotopic (exact) mass is 193 g/mol. The number of ketones is 1. The van der Waals surface area contributed by atoms with Crippen molar-refractivity contribution in [2.45, 2.75) is 0 Å². The van der Waals surface area contributed by atoms with E-state index in [2.05, 4.69) is 4.98 Å². The van der Waals surface area contributed by atoms with Crippen LogP contribution in [0.4, 0.5) is 0 Å². The van der Waals surface area contributed by atoms with Crippen molar-refractivity contribution in [2.75, 3.05) is 19.8 Å². The average molecular weight is 193 g/mol. The summed E-state index contributed by atoms with van der Waals surface area (Å²) in [5.41, 5.74) is -0.348. The van der Waals surface area contributed by atoms with Crippen LogP contribution in [-0.2, 0) is 4.74 Å². The summed E-state index contributed by atoms with van der Waals surface area (Å²) in [6.45, 7) is 0.403. The molecule has 1 aromatic heterocycles. The molecule has 4 heteroatoms. The molecule has 0 spiro atoms. The Bertz CT molecular complexity index is 327. The Morgan fingerprint density at radius 2 is 2.36 bits per heavy atom. The van der Waals surface area contributed by atoms with Crippen LogP contribution in [0.1, 0.15) is 10.5 Å². The van der Waals surface area contributed by atoms with Gasteiger partial charge in [-0.15, -0.1) is 0 Å². The van der Waals surface area contributed by atoms with Crippen LogP contribution in [0, 0.1) is 5.41 Å². The van der Waals surface area contributed by atoms with Crippen LogP contribution in [0.2, 0.25) is 0 Å². The molecule has 74 valence electrons. The highest BCUT2D eigenvalue weighted by Crippen LogP contribution is 2.30. The largest absolute Gasteiger partial charge is 0.395 e. The fourth-order valence-electron chi connectivity index (χ4n) is 1.41. The summed E-state index contributed by atoms with van der Waals surface area (Å²) >= 11 is 0. The van der Waals surface area contributed by atoms with Gasteiger partial charge in [0.05, 0.1) is 19.8 Å². The third kappa shape index (κ3) is 1.32. The molecule has 0 amide bonds. The minimum absolute atomic E-state index is 0.133. The Morgan fingerprint density at radius 3 is 2.79 bits per heavy atom. The van der Waals surface area contributed by atoms with Crippen molar-refractivity contribution in [2.24, 2.45) is 5.41 Å². The lowest BCUT2D eigenvalue weighted by Gasteiger charge is -2.37. The third-order valence-corrected chi connectivity index (χ3v) is 2.44. The maximum atomic E-state index is 11.9. The molecular formula is C10H11NO3. The van der Waals surface area contributed by atoms with Gasteiger partial charge in [-0.25, -0.2) is 0 Å². The lowest BCUT2D eigenvalue weighted by molar-refractivity contribution is -0.109. The maximum absolute atomic E-state index is 11.9. The zero-order valence-corrected chi connectivity index (χ0v) is 7.64. The fourth-order valence-corrected chi connectivity index (χ4v) is 1.41. The van der Waals surface area contributed by atoms with E-state index in [1.807, 2.05) is 0 Å². The molecule has 14 heavy (non-hydrogen) atoms. The van der Waals surface area contributed by atoms with Gasteiger partial charge in [-0.05, 0) is 12.1 Å². The Balaban J connectivity index is 2.23. The van der Waals surface area contributed by atoms with Crippen LogP contribution in [-0.4, -0.2) is 35.7 Å². The van der Waals surface area contributed by atoms with Crippen LogP contribution in [0.15, 0.2) is 24.4 Å². The van der Waals surface area contributed by atoms with E-state index in [0.717, 1.165) is 0 Å². The first-order valence-corrected chi connectivity index (χ1v) is 4.43. The van der Waals surface area contributed by atoms with E-state index in [9.17, 15) is 4.79 Å². The number of ether oxygens (including phenoxy) is 1. The number of nitrogens with zero attached hydrogens (tertiary/aromatic N) is 1. The second-order valence-electron chi connectivity index (χ2n) is 3.48. The molecule has 1 N–H and O–H groups in total.